The number of carbonyl (C=O) groups excluding carboxylic acids is 3. The Bertz CT molecular complexity index is 837. The van der Waals surface area contributed by atoms with E-state index in [4.69, 9.17) is 0 Å². The highest BCUT2D eigenvalue weighted by Crippen LogP contribution is 2.14. The number of benzene rings is 2. The number of hydrogen-bond donors (Lipinski definition) is 2. The van der Waals surface area contributed by atoms with Gasteiger partial charge in [-0.25, -0.2) is 4.39 Å². The van der Waals surface area contributed by atoms with E-state index in [1.54, 1.807) is 42.5 Å². The highest BCUT2D eigenvalue weighted by Gasteiger charge is 2.12. The summed E-state index contributed by atoms with van der Waals surface area (Å²) in [5.41, 5.74) is 1.78. The zero-order chi connectivity index (χ0) is 20.5. The molecule has 0 unspecified atom stereocenters. The molecule has 2 N–H and O–H groups in total. The van der Waals surface area contributed by atoms with Crippen molar-refractivity contribution < 1.29 is 18.8 Å². The molecule has 6 nitrogen and oxygen atoms in total. The third-order valence-electron chi connectivity index (χ3n) is 4.15. The summed E-state index contributed by atoms with van der Waals surface area (Å²) in [5.74, 6) is -0.865. The maximum atomic E-state index is 13.7. The topological polar surface area (TPSA) is 78.5 Å². The number of halogens is 1. The number of nitrogens with one attached hydrogen (secondary N) is 2. The summed E-state index contributed by atoms with van der Waals surface area (Å²) in [6, 6.07) is 13.2. The molecule has 0 bridgehead atoms. The van der Waals surface area contributed by atoms with Crippen LogP contribution in [0.15, 0.2) is 48.5 Å². The van der Waals surface area contributed by atoms with Crippen LogP contribution in [0.4, 0.5) is 15.8 Å². The third-order valence-corrected chi connectivity index (χ3v) is 4.15. The molecule has 0 aromatic heterocycles. The van der Waals surface area contributed by atoms with Crippen molar-refractivity contribution in [3.05, 3.63) is 59.9 Å². The second-order valence-corrected chi connectivity index (χ2v) is 6.40. The minimum absolute atomic E-state index is 0.129. The van der Waals surface area contributed by atoms with E-state index in [1.165, 1.54) is 24.8 Å². The molecule has 7 heteroatoms. The summed E-state index contributed by atoms with van der Waals surface area (Å²) >= 11 is 0. The van der Waals surface area contributed by atoms with Crippen molar-refractivity contribution in [3.8, 4) is 0 Å². The fourth-order valence-electron chi connectivity index (χ4n) is 2.68. The highest BCUT2D eigenvalue weighted by molar-refractivity contribution is 5.92. The van der Waals surface area contributed by atoms with Gasteiger partial charge in [-0.15, -0.1) is 0 Å². The molecule has 0 atom stereocenters. The Labute approximate surface area is 163 Å². The second-order valence-electron chi connectivity index (χ2n) is 6.40. The van der Waals surface area contributed by atoms with Crippen molar-refractivity contribution in [2.24, 2.45) is 0 Å². The molecule has 0 fully saturated rings. The van der Waals surface area contributed by atoms with E-state index in [2.05, 4.69) is 10.6 Å². The van der Waals surface area contributed by atoms with Gasteiger partial charge in [0, 0.05) is 44.7 Å². The van der Waals surface area contributed by atoms with E-state index in [0.29, 0.717) is 29.9 Å². The fraction of sp³-hybridized carbons (Fsp3) is 0.286. The normalized spacial score (nSPS) is 10.2. The van der Waals surface area contributed by atoms with E-state index < -0.39 is 0 Å². The Morgan fingerprint density at radius 3 is 2.07 bits per heavy atom. The molecule has 0 aliphatic carbocycles. The van der Waals surface area contributed by atoms with Crippen LogP contribution in [0.3, 0.4) is 0 Å². The zero-order valence-electron chi connectivity index (χ0n) is 16.0. The minimum atomic E-state index is -0.300. The van der Waals surface area contributed by atoms with Gasteiger partial charge in [0.05, 0.1) is 0 Å². The standard InChI is InChI=1S/C21H24FN3O3/c1-15(26)23-18-7-9-19(10-8-18)24-21(28)12-14-25(16(2)27)13-11-17-5-3-4-6-20(17)22/h3-10H,11-14H2,1-2H3,(H,23,26)(H,24,28). The summed E-state index contributed by atoms with van der Waals surface area (Å²) in [7, 11) is 0. The van der Waals surface area contributed by atoms with Gasteiger partial charge < -0.3 is 15.5 Å². The van der Waals surface area contributed by atoms with E-state index in [1.807, 2.05) is 0 Å². The van der Waals surface area contributed by atoms with Gasteiger partial charge in [0.2, 0.25) is 17.7 Å². The molecule has 2 aromatic carbocycles. The number of amides is 3. The lowest BCUT2D eigenvalue weighted by Gasteiger charge is -2.21. The molecule has 148 valence electrons. The van der Waals surface area contributed by atoms with Crippen molar-refractivity contribution in [2.45, 2.75) is 26.7 Å². The first-order valence-electron chi connectivity index (χ1n) is 9.01. The smallest absolute Gasteiger partial charge is 0.226 e. The maximum absolute atomic E-state index is 13.7. The van der Waals surface area contributed by atoms with Crippen molar-refractivity contribution in [1.29, 1.82) is 0 Å². The third kappa shape index (κ3) is 6.83. The van der Waals surface area contributed by atoms with Gasteiger partial charge in [0.25, 0.3) is 0 Å². The molecule has 2 aromatic rings. The van der Waals surface area contributed by atoms with Crippen LogP contribution in [0, 0.1) is 5.82 Å². The van der Waals surface area contributed by atoms with Crippen molar-refractivity contribution in [3.63, 3.8) is 0 Å². The van der Waals surface area contributed by atoms with Crippen LogP contribution in [-0.2, 0) is 20.8 Å². The number of rotatable bonds is 8. The first-order chi connectivity index (χ1) is 13.3. The molecule has 0 saturated heterocycles. The van der Waals surface area contributed by atoms with Crippen LogP contribution < -0.4 is 10.6 Å². The van der Waals surface area contributed by atoms with E-state index in [-0.39, 0.29) is 36.5 Å². The molecule has 2 rings (SSSR count). The summed E-state index contributed by atoms with van der Waals surface area (Å²) in [5, 5.41) is 5.40. The molecular weight excluding hydrogens is 361 g/mol. The molecule has 0 aliphatic rings. The average molecular weight is 385 g/mol. The SMILES string of the molecule is CC(=O)Nc1ccc(NC(=O)CCN(CCc2ccccc2F)C(C)=O)cc1. The van der Waals surface area contributed by atoms with Gasteiger partial charge in [-0.05, 0) is 42.3 Å². The van der Waals surface area contributed by atoms with E-state index >= 15 is 0 Å². The molecule has 28 heavy (non-hydrogen) atoms. The maximum Gasteiger partial charge on any atom is 0.226 e. The fourth-order valence-corrected chi connectivity index (χ4v) is 2.68. The van der Waals surface area contributed by atoms with Crippen LogP contribution in [0.2, 0.25) is 0 Å². The van der Waals surface area contributed by atoms with Gasteiger partial charge in [-0.1, -0.05) is 18.2 Å². The Balaban J connectivity index is 1.83. The highest BCUT2D eigenvalue weighted by atomic mass is 19.1. The Hall–Kier alpha value is -3.22. The van der Waals surface area contributed by atoms with E-state index in [9.17, 15) is 18.8 Å². The lowest BCUT2D eigenvalue weighted by Crippen LogP contribution is -2.33. The van der Waals surface area contributed by atoms with Crippen molar-refractivity contribution in [1.82, 2.24) is 4.90 Å². The molecular formula is C21H24FN3O3. The zero-order valence-corrected chi connectivity index (χ0v) is 16.0. The largest absolute Gasteiger partial charge is 0.342 e. The number of carbonyl (C=O) groups is 3. The summed E-state index contributed by atoms with van der Waals surface area (Å²) in [6.45, 7) is 3.44. The Kier molecular flexibility index (Phi) is 7.68. The van der Waals surface area contributed by atoms with Gasteiger partial charge in [-0.2, -0.15) is 0 Å². The molecule has 0 saturated carbocycles. The van der Waals surface area contributed by atoms with Crippen molar-refractivity contribution >= 4 is 29.1 Å². The molecule has 0 heterocycles. The first-order valence-corrected chi connectivity index (χ1v) is 9.01. The van der Waals surface area contributed by atoms with Gasteiger partial charge in [0.15, 0.2) is 0 Å². The summed E-state index contributed by atoms with van der Waals surface area (Å²) in [6.07, 6.45) is 0.517. The lowest BCUT2D eigenvalue weighted by molar-refractivity contribution is -0.129. The van der Waals surface area contributed by atoms with Crippen LogP contribution in [0.25, 0.3) is 0 Å². The Morgan fingerprint density at radius 2 is 1.50 bits per heavy atom. The van der Waals surface area contributed by atoms with Crippen molar-refractivity contribution in [2.75, 3.05) is 23.7 Å². The molecule has 0 aliphatic heterocycles. The first kappa shape index (κ1) is 21.1. The number of hydrogen-bond acceptors (Lipinski definition) is 3. The van der Waals surface area contributed by atoms with Gasteiger partial charge >= 0.3 is 0 Å². The van der Waals surface area contributed by atoms with Gasteiger partial charge in [0.1, 0.15) is 5.82 Å². The van der Waals surface area contributed by atoms with Crippen LogP contribution >= 0.6 is 0 Å². The lowest BCUT2D eigenvalue weighted by atomic mass is 10.1. The summed E-state index contributed by atoms with van der Waals surface area (Å²) in [4.78, 5) is 36.5. The average Bonchev–Trinajstić information content (AvgIpc) is 2.64. The minimum Gasteiger partial charge on any atom is -0.342 e. The van der Waals surface area contributed by atoms with Gasteiger partial charge in [-0.3, -0.25) is 14.4 Å². The predicted octanol–water partition coefficient (Wildman–Crippen LogP) is 3.20. The quantitative estimate of drug-likeness (QED) is 0.732. The monoisotopic (exact) mass is 385 g/mol. The van der Waals surface area contributed by atoms with Crippen LogP contribution in [-0.4, -0.2) is 35.7 Å². The Morgan fingerprint density at radius 1 is 0.893 bits per heavy atom. The van der Waals surface area contributed by atoms with Crippen LogP contribution in [0.1, 0.15) is 25.8 Å². The predicted molar refractivity (Wildman–Crippen MR) is 106 cm³/mol. The summed E-state index contributed by atoms with van der Waals surface area (Å²) < 4.78 is 13.7. The van der Waals surface area contributed by atoms with Crippen LogP contribution in [0.5, 0.6) is 0 Å². The van der Waals surface area contributed by atoms with E-state index in [0.717, 1.165) is 0 Å². The molecule has 3 amide bonds. The number of nitrogens with zero attached hydrogens (tertiary/aromatic N) is 1. The number of anilines is 2. The molecule has 0 spiro atoms. The second kappa shape index (κ2) is 10.2. The molecule has 0 radical (unpaired) electrons.